The number of benzene rings is 4. The number of amides is 2. The molecule has 2 amide bonds. The smallest absolute Gasteiger partial charge is 0.228 e. The van der Waals surface area contributed by atoms with Crippen LogP contribution in [0, 0.1) is 11.8 Å². The maximum absolute atomic E-state index is 13.8. The molecule has 4 unspecified atom stereocenters. The largest absolute Gasteiger partial charge is 0.493 e. The van der Waals surface area contributed by atoms with Crippen LogP contribution in [-0.4, -0.2) is 107 Å². The van der Waals surface area contributed by atoms with Crippen LogP contribution in [0.4, 0.5) is 0 Å². The SMILES string of the molecule is COc1ccc(CCN2C(=O)C(Cc3ccc(OC)c(Oc4cc(OC)c(OC)cc4CC4CC(O)N(CCc5ccc(OC)c(OC)c5)C4=O)c3)CC2O)cc1OC. The van der Waals surface area contributed by atoms with Crippen LogP contribution in [0.5, 0.6) is 51.7 Å². The zero-order chi connectivity index (χ0) is 42.2. The fourth-order valence-corrected chi connectivity index (χ4v) is 7.91. The van der Waals surface area contributed by atoms with Crippen LogP contribution < -0.4 is 37.9 Å². The summed E-state index contributed by atoms with van der Waals surface area (Å²) in [6.45, 7) is 0.669. The Bertz CT molecular complexity index is 2110. The highest BCUT2D eigenvalue weighted by Crippen LogP contribution is 2.42. The molecule has 2 aliphatic heterocycles. The molecule has 0 spiro atoms. The van der Waals surface area contributed by atoms with Crippen molar-refractivity contribution in [3.63, 3.8) is 0 Å². The van der Waals surface area contributed by atoms with Gasteiger partial charge in [-0.3, -0.25) is 9.59 Å². The van der Waals surface area contributed by atoms with E-state index in [2.05, 4.69) is 0 Å². The molecular weight excluding hydrogens is 760 g/mol. The normalized spacial score (nSPS) is 18.9. The minimum Gasteiger partial charge on any atom is -0.493 e. The topological polar surface area (TPSA) is 155 Å². The molecule has 2 saturated heterocycles. The maximum atomic E-state index is 13.8. The molecule has 2 N–H and O–H groups in total. The van der Waals surface area contributed by atoms with Crippen molar-refractivity contribution >= 4 is 11.8 Å². The monoisotopic (exact) mass is 814 g/mol. The van der Waals surface area contributed by atoms with Gasteiger partial charge in [-0.15, -0.1) is 0 Å². The van der Waals surface area contributed by atoms with Gasteiger partial charge in [-0.05, 0) is 90.4 Å². The van der Waals surface area contributed by atoms with Crippen LogP contribution in [0.25, 0.3) is 0 Å². The lowest BCUT2D eigenvalue weighted by Gasteiger charge is -2.21. The van der Waals surface area contributed by atoms with Gasteiger partial charge < -0.3 is 57.9 Å². The van der Waals surface area contributed by atoms with E-state index in [0.29, 0.717) is 96.1 Å². The molecule has 0 radical (unpaired) electrons. The van der Waals surface area contributed by atoms with Gasteiger partial charge in [-0.25, -0.2) is 0 Å². The lowest BCUT2D eigenvalue weighted by atomic mass is 9.96. The number of hydrogen-bond acceptors (Lipinski definition) is 12. The lowest BCUT2D eigenvalue weighted by Crippen LogP contribution is -2.35. The van der Waals surface area contributed by atoms with Gasteiger partial charge in [0, 0.05) is 43.8 Å². The minimum atomic E-state index is -0.951. The number of ether oxygens (including phenoxy) is 8. The zero-order valence-electron chi connectivity index (χ0n) is 34.7. The van der Waals surface area contributed by atoms with Crippen LogP contribution in [0.15, 0.2) is 66.7 Å². The molecule has 14 heteroatoms. The molecule has 4 atom stereocenters. The molecule has 6 rings (SSSR count). The molecule has 2 heterocycles. The Morgan fingerprint density at radius 3 is 1.34 bits per heavy atom. The summed E-state index contributed by atoms with van der Waals surface area (Å²) in [5.74, 6) is 3.31. The van der Waals surface area contributed by atoms with Gasteiger partial charge in [0.1, 0.15) is 18.2 Å². The number of carbonyl (C=O) groups is 2. The Morgan fingerprint density at radius 1 is 0.475 bits per heavy atom. The van der Waals surface area contributed by atoms with Crippen molar-refractivity contribution in [1.29, 1.82) is 0 Å². The van der Waals surface area contributed by atoms with Crippen molar-refractivity contribution < 1.29 is 57.7 Å². The van der Waals surface area contributed by atoms with Crippen LogP contribution in [0.2, 0.25) is 0 Å². The van der Waals surface area contributed by atoms with E-state index in [1.54, 1.807) is 53.7 Å². The predicted octanol–water partition coefficient (Wildman–Crippen LogP) is 5.44. The summed E-state index contributed by atoms with van der Waals surface area (Å²) in [6, 6.07) is 20.2. The highest BCUT2D eigenvalue weighted by atomic mass is 16.5. The van der Waals surface area contributed by atoms with Gasteiger partial charge >= 0.3 is 0 Å². The molecular formula is C45H54N2O12. The Balaban J connectivity index is 1.16. The van der Waals surface area contributed by atoms with E-state index in [9.17, 15) is 19.8 Å². The molecule has 14 nitrogen and oxygen atoms in total. The van der Waals surface area contributed by atoms with E-state index < -0.39 is 24.3 Å². The Hall–Kier alpha value is -5.86. The summed E-state index contributed by atoms with van der Waals surface area (Å²) < 4.78 is 45.1. The number of hydrogen-bond donors (Lipinski definition) is 2. The first-order valence-electron chi connectivity index (χ1n) is 19.5. The summed E-state index contributed by atoms with van der Waals surface area (Å²) in [5.41, 5.74) is 3.38. The lowest BCUT2D eigenvalue weighted by molar-refractivity contribution is -0.136. The van der Waals surface area contributed by atoms with E-state index in [1.165, 1.54) is 24.0 Å². The number of rotatable bonds is 19. The average Bonchev–Trinajstić information content (AvgIpc) is 3.68. The van der Waals surface area contributed by atoms with Gasteiger partial charge in [0.05, 0.1) is 49.8 Å². The van der Waals surface area contributed by atoms with Gasteiger partial charge in [0.2, 0.25) is 11.8 Å². The second-order valence-corrected chi connectivity index (χ2v) is 14.6. The van der Waals surface area contributed by atoms with Crippen molar-refractivity contribution in [2.45, 2.75) is 51.0 Å². The first-order chi connectivity index (χ1) is 28.5. The first-order valence-corrected chi connectivity index (χ1v) is 19.5. The fourth-order valence-electron chi connectivity index (χ4n) is 7.91. The first kappa shape index (κ1) is 42.7. The quantitative estimate of drug-likeness (QED) is 0.124. The summed E-state index contributed by atoms with van der Waals surface area (Å²) in [5, 5.41) is 22.0. The molecule has 0 saturated carbocycles. The van der Waals surface area contributed by atoms with E-state index in [-0.39, 0.29) is 24.7 Å². The fraction of sp³-hybridized carbons (Fsp3) is 0.422. The number of aliphatic hydroxyl groups excluding tert-OH is 2. The second kappa shape index (κ2) is 19.3. The molecule has 0 bridgehead atoms. The van der Waals surface area contributed by atoms with Crippen LogP contribution >= 0.6 is 0 Å². The Labute approximate surface area is 345 Å². The molecule has 2 fully saturated rings. The number of carbonyl (C=O) groups excluding carboxylic acids is 2. The van der Waals surface area contributed by atoms with Crippen LogP contribution in [-0.2, 0) is 35.3 Å². The van der Waals surface area contributed by atoms with E-state index in [4.69, 9.17) is 37.9 Å². The van der Waals surface area contributed by atoms with Crippen molar-refractivity contribution in [3.05, 3.63) is 89.0 Å². The molecule has 0 aliphatic carbocycles. The number of methoxy groups -OCH3 is 7. The van der Waals surface area contributed by atoms with Crippen LogP contribution in [0.1, 0.15) is 35.1 Å². The third-order valence-electron chi connectivity index (χ3n) is 11.1. The molecule has 316 valence electrons. The number of likely N-dealkylation sites (tertiary alicyclic amines) is 2. The van der Waals surface area contributed by atoms with Crippen molar-refractivity contribution in [2.75, 3.05) is 62.9 Å². The van der Waals surface area contributed by atoms with Gasteiger partial charge in [0.15, 0.2) is 46.0 Å². The third kappa shape index (κ3) is 9.55. The van der Waals surface area contributed by atoms with E-state index >= 15 is 0 Å². The summed E-state index contributed by atoms with van der Waals surface area (Å²) >= 11 is 0. The average molecular weight is 815 g/mol. The van der Waals surface area contributed by atoms with Crippen LogP contribution in [0.3, 0.4) is 0 Å². The Kier molecular flexibility index (Phi) is 14.0. The second-order valence-electron chi connectivity index (χ2n) is 14.6. The molecule has 4 aromatic rings. The van der Waals surface area contributed by atoms with E-state index in [1.807, 2.05) is 48.5 Å². The van der Waals surface area contributed by atoms with E-state index in [0.717, 1.165) is 16.7 Å². The molecule has 59 heavy (non-hydrogen) atoms. The zero-order valence-corrected chi connectivity index (χ0v) is 34.7. The van der Waals surface area contributed by atoms with Crippen molar-refractivity contribution in [1.82, 2.24) is 9.80 Å². The van der Waals surface area contributed by atoms with Gasteiger partial charge in [0.25, 0.3) is 0 Å². The third-order valence-corrected chi connectivity index (χ3v) is 11.1. The van der Waals surface area contributed by atoms with Gasteiger partial charge in [-0.1, -0.05) is 18.2 Å². The summed E-state index contributed by atoms with van der Waals surface area (Å²) in [7, 11) is 10.9. The van der Waals surface area contributed by atoms with Gasteiger partial charge in [-0.2, -0.15) is 0 Å². The molecule has 0 aromatic heterocycles. The summed E-state index contributed by atoms with van der Waals surface area (Å²) in [4.78, 5) is 30.5. The standard InChI is InChI=1S/C45H54N2O12/c1-52-33-11-8-27(19-37(33)55-4)14-16-46-42(48)24-31(44(46)50)18-29-10-13-35(54-3)41(21-29)59-36-26-40(58-7)39(57-6)23-30(36)22-32-25-43(49)47(45(32)51)17-15-28-9-12-34(53-2)38(20-28)56-5/h8-13,19-21,23,26,31-32,42-43,48-49H,14-18,22,24-25H2,1-7H3. The highest BCUT2D eigenvalue weighted by Gasteiger charge is 2.40. The van der Waals surface area contributed by atoms with Crippen molar-refractivity contribution in [2.24, 2.45) is 11.8 Å². The highest BCUT2D eigenvalue weighted by molar-refractivity contribution is 5.82. The predicted molar refractivity (Wildman–Crippen MR) is 218 cm³/mol. The van der Waals surface area contributed by atoms with Crippen molar-refractivity contribution in [3.8, 4) is 51.7 Å². The molecule has 2 aliphatic rings. The minimum absolute atomic E-state index is 0.125. The number of nitrogens with zero attached hydrogens (tertiary/aromatic N) is 2. The maximum Gasteiger partial charge on any atom is 0.228 e. The molecule has 4 aromatic carbocycles. The number of aliphatic hydroxyl groups is 2. The Morgan fingerprint density at radius 2 is 0.864 bits per heavy atom. The summed E-state index contributed by atoms with van der Waals surface area (Å²) in [6.07, 6.45) is 0.349.